The van der Waals surface area contributed by atoms with Crippen LogP contribution in [0.1, 0.15) is 29.1 Å². The SMILES string of the molecule is COC(=O)CCc1ccc(/C=C/C(=O)N2CCN(Cc3ccc4c(c3)CCO4)CC2)o1. The summed E-state index contributed by atoms with van der Waals surface area (Å²) in [4.78, 5) is 28.0. The minimum atomic E-state index is -0.270. The van der Waals surface area contributed by atoms with Gasteiger partial charge >= 0.3 is 5.97 Å². The molecule has 0 spiro atoms. The molecule has 0 saturated carbocycles. The molecule has 2 aliphatic heterocycles. The van der Waals surface area contributed by atoms with E-state index >= 15 is 0 Å². The lowest BCUT2D eigenvalue weighted by atomic mass is 10.1. The molecule has 1 aromatic carbocycles. The molecule has 0 aliphatic carbocycles. The molecule has 31 heavy (non-hydrogen) atoms. The van der Waals surface area contributed by atoms with Gasteiger partial charge in [-0.3, -0.25) is 14.5 Å². The first-order chi connectivity index (χ1) is 15.1. The topological polar surface area (TPSA) is 72.2 Å². The number of hydrogen-bond donors (Lipinski definition) is 0. The van der Waals surface area contributed by atoms with Crippen molar-refractivity contribution in [1.82, 2.24) is 9.80 Å². The Morgan fingerprint density at radius 2 is 1.97 bits per heavy atom. The van der Waals surface area contributed by atoms with E-state index in [1.165, 1.54) is 18.2 Å². The number of nitrogens with zero attached hydrogens (tertiary/aromatic N) is 2. The Labute approximate surface area is 182 Å². The molecule has 0 bridgehead atoms. The molecule has 164 valence electrons. The number of benzene rings is 1. The number of rotatable bonds is 7. The highest BCUT2D eigenvalue weighted by atomic mass is 16.5. The number of esters is 1. The van der Waals surface area contributed by atoms with Crippen molar-refractivity contribution in [2.75, 3.05) is 39.9 Å². The fourth-order valence-corrected chi connectivity index (χ4v) is 3.93. The van der Waals surface area contributed by atoms with Gasteiger partial charge in [0.05, 0.1) is 20.1 Å². The second kappa shape index (κ2) is 9.83. The van der Waals surface area contributed by atoms with Crippen molar-refractivity contribution in [3.8, 4) is 5.75 Å². The quantitative estimate of drug-likeness (QED) is 0.503. The predicted octanol–water partition coefficient (Wildman–Crippen LogP) is 2.68. The average molecular weight is 424 g/mol. The van der Waals surface area contributed by atoms with Crippen molar-refractivity contribution < 1.29 is 23.5 Å². The van der Waals surface area contributed by atoms with Crippen LogP contribution in [0, 0.1) is 0 Å². The maximum Gasteiger partial charge on any atom is 0.305 e. The van der Waals surface area contributed by atoms with Crippen molar-refractivity contribution in [2.24, 2.45) is 0 Å². The molecule has 1 saturated heterocycles. The molecule has 1 aromatic heterocycles. The van der Waals surface area contributed by atoms with E-state index in [4.69, 9.17) is 9.15 Å². The van der Waals surface area contributed by atoms with Crippen LogP contribution in [0.3, 0.4) is 0 Å². The fraction of sp³-hybridized carbons (Fsp3) is 0.417. The van der Waals surface area contributed by atoms with Gasteiger partial charge in [0, 0.05) is 51.6 Å². The third-order valence-electron chi connectivity index (χ3n) is 5.72. The third kappa shape index (κ3) is 5.55. The standard InChI is InChI=1S/C24H28N2O5/c1-29-24(28)9-6-21-4-3-20(31-21)5-8-23(27)26-13-11-25(12-14-26)17-18-2-7-22-19(16-18)10-15-30-22/h2-5,7-8,16H,6,9-15,17H2,1H3/b8-5+. The Morgan fingerprint density at radius 3 is 2.77 bits per heavy atom. The molecule has 2 aromatic rings. The number of furan rings is 1. The van der Waals surface area contributed by atoms with Crippen LogP contribution < -0.4 is 4.74 Å². The zero-order valence-corrected chi connectivity index (χ0v) is 17.8. The summed E-state index contributed by atoms with van der Waals surface area (Å²) >= 11 is 0. The number of aryl methyl sites for hydroxylation is 1. The summed E-state index contributed by atoms with van der Waals surface area (Å²) in [5, 5.41) is 0. The second-order valence-corrected chi connectivity index (χ2v) is 7.86. The van der Waals surface area contributed by atoms with Crippen LogP contribution in [0.15, 0.2) is 40.8 Å². The summed E-state index contributed by atoms with van der Waals surface area (Å²) in [5.74, 6) is 2.03. The number of carbonyl (C=O) groups excluding carboxylic acids is 2. The number of fused-ring (bicyclic) bond motifs is 1. The molecule has 4 rings (SSSR count). The minimum Gasteiger partial charge on any atom is -0.493 e. The molecule has 1 fully saturated rings. The fourth-order valence-electron chi connectivity index (χ4n) is 3.93. The van der Waals surface area contributed by atoms with E-state index in [0.29, 0.717) is 31.0 Å². The lowest BCUT2D eigenvalue weighted by Crippen LogP contribution is -2.47. The highest BCUT2D eigenvalue weighted by Crippen LogP contribution is 2.26. The normalized spacial score (nSPS) is 16.4. The van der Waals surface area contributed by atoms with E-state index in [-0.39, 0.29) is 18.3 Å². The van der Waals surface area contributed by atoms with Crippen LogP contribution in [-0.2, 0) is 33.7 Å². The van der Waals surface area contributed by atoms with Gasteiger partial charge in [-0.05, 0) is 35.4 Å². The highest BCUT2D eigenvalue weighted by molar-refractivity contribution is 5.91. The molecule has 0 unspecified atom stereocenters. The van der Waals surface area contributed by atoms with Crippen LogP contribution in [0.25, 0.3) is 6.08 Å². The Balaban J connectivity index is 1.23. The van der Waals surface area contributed by atoms with Gasteiger partial charge in [-0.1, -0.05) is 12.1 Å². The first kappa shape index (κ1) is 21.2. The monoisotopic (exact) mass is 424 g/mol. The summed E-state index contributed by atoms with van der Waals surface area (Å²) < 4.78 is 15.9. The van der Waals surface area contributed by atoms with E-state index in [9.17, 15) is 9.59 Å². The zero-order chi connectivity index (χ0) is 21.6. The lowest BCUT2D eigenvalue weighted by molar-refractivity contribution is -0.140. The number of ether oxygens (including phenoxy) is 2. The Bertz CT molecular complexity index is 957. The molecule has 0 N–H and O–H groups in total. The van der Waals surface area contributed by atoms with E-state index in [2.05, 4.69) is 27.8 Å². The maximum atomic E-state index is 12.5. The average Bonchev–Trinajstić information content (AvgIpc) is 3.45. The van der Waals surface area contributed by atoms with Gasteiger partial charge < -0.3 is 18.8 Å². The summed E-state index contributed by atoms with van der Waals surface area (Å²) in [7, 11) is 1.37. The van der Waals surface area contributed by atoms with Crippen molar-refractivity contribution in [3.63, 3.8) is 0 Å². The van der Waals surface area contributed by atoms with E-state index in [1.807, 2.05) is 11.0 Å². The largest absolute Gasteiger partial charge is 0.493 e. The van der Waals surface area contributed by atoms with E-state index in [1.54, 1.807) is 18.2 Å². The van der Waals surface area contributed by atoms with Crippen molar-refractivity contribution in [1.29, 1.82) is 0 Å². The maximum absolute atomic E-state index is 12.5. The molecule has 1 amide bonds. The van der Waals surface area contributed by atoms with Crippen LogP contribution >= 0.6 is 0 Å². The molecule has 0 atom stereocenters. The molecule has 3 heterocycles. The van der Waals surface area contributed by atoms with Crippen molar-refractivity contribution in [3.05, 3.63) is 59.1 Å². The smallest absolute Gasteiger partial charge is 0.305 e. The number of amides is 1. The lowest BCUT2D eigenvalue weighted by Gasteiger charge is -2.34. The first-order valence-corrected chi connectivity index (χ1v) is 10.7. The number of piperazine rings is 1. The Morgan fingerprint density at radius 1 is 1.13 bits per heavy atom. The molecular formula is C24H28N2O5. The van der Waals surface area contributed by atoms with Crippen LogP contribution in [0.5, 0.6) is 5.75 Å². The van der Waals surface area contributed by atoms with Crippen LogP contribution in [0.2, 0.25) is 0 Å². The van der Waals surface area contributed by atoms with Crippen molar-refractivity contribution in [2.45, 2.75) is 25.8 Å². The van der Waals surface area contributed by atoms with Gasteiger partial charge in [-0.25, -0.2) is 0 Å². The molecular weight excluding hydrogens is 396 g/mol. The summed E-state index contributed by atoms with van der Waals surface area (Å²) in [6.07, 6.45) is 4.98. The van der Waals surface area contributed by atoms with Gasteiger partial charge in [0.2, 0.25) is 5.91 Å². The van der Waals surface area contributed by atoms with Gasteiger partial charge in [-0.2, -0.15) is 0 Å². The number of methoxy groups -OCH3 is 1. The number of carbonyl (C=O) groups is 2. The Kier molecular flexibility index (Phi) is 6.72. The first-order valence-electron chi connectivity index (χ1n) is 10.7. The molecule has 7 heteroatoms. The highest BCUT2D eigenvalue weighted by Gasteiger charge is 2.20. The minimum absolute atomic E-state index is 0.0122. The summed E-state index contributed by atoms with van der Waals surface area (Å²) in [6.45, 7) is 4.79. The van der Waals surface area contributed by atoms with Crippen LogP contribution in [0.4, 0.5) is 0 Å². The van der Waals surface area contributed by atoms with E-state index < -0.39 is 0 Å². The van der Waals surface area contributed by atoms with Crippen LogP contribution in [-0.4, -0.2) is 61.6 Å². The van der Waals surface area contributed by atoms with Gasteiger partial charge in [-0.15, -0.1) is 0 Å². The molecule has 7 nitrogen and oxygen atoms in total. The summed E-state index contributed by atoms with van der Waals surface area (Å²) in [6, 6.07) is 10.1. The molecule has 0 radical (unpaired) electrons. The summed E-state index contributed by atoms with van der Waals surface area (Å²) in [5.41, 5.74) is 2.59. The van der Waals surface area contributed by atoms with Crippen molar-refractivity contribution >= 4 is 18.0 Å². The predicted molar refractivity (Wildman–Crippen MR) is 116 cm³/mol. The zero-order valence-electron chi connectivity index (χ0n) is 17.8. The van der Waals surface area contributed by atoms with E-state index in [0.717, 1.165) is 38.4 Å². The second-order valence-electron chi connectivity index (χ2n) is 7.86. The number of hydrogen-bond acceptors (Lipinski definition) is 6. The Hall–Kier alpha value is -3.06. The third-order valence-corrected chi connectivity index (χ3v) is 5.72. The molecule has 2 aliphatic rings. The van der Waals surface area contributed by atoms with Gasteiger partial charge in [0.1, 0.15) is 17.3 Å². The van der Waals surface area contributed by atoms with Gasteiger partial charge in [0.15, 0.2) is 0 Å². The van der Waals surface area contributed by atoms with Gasteiger partial charge in [0.25, 0.3) is 0 Å².